The van der Waals surface area contributed by atoms with E-state index < -0.39 is 17.0 Å². The predicted molar refractivity (Wildman–Crippen MR) is 108 cm³/mol. The summed E-state index contributed by atoms with van der Waals surface area (Å²) < 4.78 is 10.1. The molecule has 0 unspecified atom stereocenters. The van der Waals surface area contributed by atoms with Crippen molar-refractivity contribution in [1.82, 2.24) is 0 Å². The number of methoxy groups -OCH3 is 1. The molecule has 0 aliphatic rings. The Morgan fingerprint density at radius 2 is 1.79 bits per heavy atom. The lowest BCUT2D eigenvalue weighted by Crippen LogP contribution is -2.24. The number of anilines is 1. The van der Waals surface area contributed by atoms with Crippen molar-refractivity contribution in [3.05, 3.63) is 69.3 Å². The van der Waals surface area contributed by atoms with E-state index in [9.17, 15) is 19.7 Å². The number of hydrogen-bond acceptors (Lipinski definition) is 7. The maximum Gasteiger partial charge on any atom is 0.339 e. The molecule has 29 heavy (non-hydrogen) atoms. The number of benzene rings is 2. The normalized spacial score (nSPS) is 11.6. The third-order valence-electron chi connectivity index (χ3n) is 4.35. The Kier molecular flexibility index (Phi) is 7.85. The van der Waals surface area contributed by atoms with Crippen molar-refractivity contribution >= 4 is 23.1 Å². The van der Waals surface area contributed by atoms with Crippen LogP contribution < -0.4 is 5.32 Å². The van der Waals surface area contributed by atoms with E-state index in [1.807, 2.05) is 19.1 Å². The van der Waals surface area contributed by atoms with Gasteiger partial charge in [0.05, 0.1) is 17.1 Å². The highest BCUT2D eigenvalue weighted by molar-refractivity contribution is 6.01. The molecule has 0 aromatic heterocycles. The molecule has 0 saturated heterocycles. The highest BCUT2D eigenvalue weighted by Crippen LogP contribution is 2.26. The predicted octanol–water partition coefficient (Wildman–Crippen LogP) is 3.64. The number of ether oxygens (including phenoxy) is 2. The van der Waals surface area contributed by atoms with Gasteiger partial charge in [0.2, 0.25) is 5.78 Å². The van der Waals surface area contributed by atoms with Gasteiger partial charge < -0.3 is 14.8 Å². The van der Waals surface area contributed by atoms with Gasteiger partial charge in [-0.25, -0.2) is 4.79 Å². The van der Waals surface area contributed by atoms with Gasteiger partial charge in [0.25, 0.3) is 5.69 Å². The molecule has 0 amide bonds. The molecule has 0 bridgehead atoms. The van der Waals surface area contributed by atoms with E-state index in [0.29, 0.717) is 18.7 Å². The summed E-state index contributed by atoms with van der Waals surface area (Å²) in [5.41, 5.74) is 1.53. The molecule has 2 rings (SSSR count). The van der Waals surface area contributed by atoms with Crippen molar-refractivity contribution in [1.29, 1.82) is 0 Å². The minimum Gasteiger partial charge on any atom is -0.451 e. The monoisotopic (exact) mass is 400 g/mol. The summed E-state index contributed by atoms with van der Waals surface area (Å²) >= 11 is 0. The average molecular weight is 400 g/mol. The Hall–Kier alpha value is -3.26. The summed E-state index contributed by atoms with van der Waals surface area (Å²) in [6, 6.07) is 11.1. The topological polar surface area (TPSA) is 108 Å². The van der Waals surface area contributed by atoms with Crippen LogP contribution in [0.4, 0.5) is 11.4 Å². The van der Waals surface area contributed by atoms with Gasteiger partial charge in [0.1, 0.15) is 5.69 Å². The van der Waals surface area contributed by atoms with Crippen LogP contribution in [0, 0.1) is 10.1 Å². The van der Waals surface area contributed by atoms with E-state index in [1.54, 1.807) is 12.1 Å². The molecule has 1 atom stereocenters. The van der Waals surface area contributed by atoms with Crippen LogP contribution >= 0.6 is 0 Å². The van der Waals surface area contributed by atoms with Gasteiger partial charge in [-0.15, -0.1) is 0 Å². The highest BCUT2D eigenvalue weighted by Gasteiger charge is 2.23. The number of ketones is 1. The van der Waals surface area contributed by atoms with Crippen LogP contribution in [0.25, 0.3) is 0 Å². The lowest BCUT2D eigenvalue weighted by atomic mass is 10.0. The number of aryl methyl sites for hydroxylation is 1. The minimum atomic E-state index is -1.02. The van der Waals surface area contributed by atoms with Gasteiger partial charge >= 0.3 is 5.97 Å². The van der Waals surface area contributed by atoms with E-state index in [4.69, 9.17) is 9.47 Å². The van der Waals surface area contributed by atoms with Gasteiger partial charge in [-0.3, -0.25) is 14.9 Å². The molecule has 0 radical (unpaired) electrons. The molecule has 2 aromatic carbocycles. The first-order valence-corrected chi connectivity index (χ1v) is 9.22. The molecule has 0 aliphatic carbocycles. The Balaban J connectivity index is 2.11. The minimum absolute atomic E-state index is 0.00466. The van der Waals surface area contributed by atoms with E-state index in [-0.39, 0.29) is 22.7 Å². The summed E-state index contributed by atoms with van der Waals surface area (Å²) in [7, 11) is 1.52. The van der Waals surface area contributed by atoms with Gasteiger partial charge in [-0.2, -0.15) is 0 Å². The molecule has 8 heteroatoms. The molecular formula is C21H24N2O6. The number of nitrogens with one attached hydrogen (secondary N) is 1. The lowest BCUT2D eigenvalue weighted by molar-refractivity contribution is -0.384. The number of hydrogen-bond donors (Lipinski definition) is 1. The number of esters is 1. The zero-order chi connectivity index (χ0) is 21.4. The third kappa shape index (κ3) is 5.86. The second-order valence-electron chi connectivity index (χ2n) is 6.37. The van der Waals surface area contributed by atoms with Crippen molar-refractivity contribution in [2.45, 2.75) is 26.4 Å². The summed E-state index contributed by atoms with van der Waals surface area (Å²) in [4.78, 5) is 35.6. The second-order valence-corrected chi connectivity index (χ2v) is 6.37. The first-order chi connectivity index (χ1) is 13.9. The highest BCUT2D eigenvalue weighted by atomic mass is 16.6. The third-order valence-corrected chi connectivity index (χ3v) is 4.35. The quantitative estimate of drug-likeness (QED) is 0.213. The van der Waals surface area contributed by atoms with Crippen LogP contribution in [-0.2, 0) is 15.9 Å². The Morgan fingerprint density at radius 3 is 2.38 bits per heavy atom. The molecule has 1 N–H and O–H groups in total. The Bertz CT molecular complexity index is 879. The van der Waals surface area contributed by atoms with Crippen molar-refractivity contribution in [3.8, 4) is 0 Å². The smallest absolute Gasteiger partial charge is 0.339 e. The van der Waals surface area contributed by atoms with Gasteiger partial charge in [0.15, 0.2) is 6.10 Å². The number of Topliss-reactive ketones (excluding diaryl/α,β-unsaturated/α-hetero) is 1. The maximum atomic E-state index is 12.5. The molecule has 0 fully saturated rings. The number of nitrogens with zero attached hydrogens (tertiary/aromatic N) is 1. The summed E-state index contributed by atoms with van der Waals surface area (Å²) in [6.45, 7) is 4.24. The fourth-order valence-corrected chi connectivity index (χ4v) is 2.67. The number of nitro benzene ring substituents is 1. The van der Waals surface area contributed by atoms with Crippen molar-refractivity contribution in [3.63, 3.8) is 0 Å². The van der Waals surface area contributed by atoms with E-state index in [1.165, 1.54) is 26.2 Å². The molecule has 0 spiro atoms. The van der Waals surface area contributed by atoms with Gasteiger partial charge in [-0.1, -0.05) is 31.2 Å². The second kappa shape index (κ2) is 10.3. The fourth-order valence-electron chi connectivity index (χ4n) is 2.67. The van der Waals surface area contributed by atoms with Gasteiger partial charge in [-0.05, 0) is 31.0 Å². The molecule has 8 nitrogen and oxygen atoms in total. The van der Waals surface area contributed by atoms with Crippen molar-refractivity contribution in [2.24, 2.45) is 0 Å². The van der Waals surface area contributed by atoms with Crippen molar-refractivity contribution < 1.29 is 24.0 Å². The summed E-state index contributed by atoms with van der Waals surface area (Å²) in [6.07, 6.45) is -0.165. The summed E-state index contributed by atoms with van der Waals surface area (Å²) in [5, 5.41) is 14.2. The largest absolute Gasteiger partial charge is 0.451 e. The first kappa shape index (κ1) is 22.0. The fraction of sp³-hybridized carbons (Fsp3) is 0.333. The van der Waals surface area contributed by atoms with Crippen LogP contribution in [0.1, 0.15) is 40.1 Å². The van der Waals surface area contributed by atoms with Crippen molar-refractivity contribution in [2.75, 3.05) is 25.6 Å². The molecule has 0 saturated carbocycles. The SMILES string of the molecule is CCc1ccc(C(=O)[C@H](C)OC(=O)c2ccc(NCCOC)c([N+](=O)[O-])c2)cc1. The maximum absolute atomic E-state index is 12.5. The Labute approximate surface area is 169 Å². The first-order valence-electron chi connectivity index (χ1n) is 9.22. The standard InChI is InChI=1S/C21H24N2O6/c1-4-15-5-7-16(8-6-15)20(24)14(2)29-21(25)17-9-10-18(22-11-12-28-3)19(13-17)23(26)27/h5-10,13-14,22H,4,11-12H2,1-3H3/t14-/m0/s1. The van der Waals surface area contributed by atoms with E-state index in [2.05, 4.69) is 5.32 Å². The van der Waals surface area contributed by atoms with Crippen LogP contribution in [0.2, 0.25) is 0 Å². The average Bonchev–Trinajstić information content (AvgIpc) is 2.73. The number of nitro groups is 1. The van der Waals surface area contributed by atoms with E-state index in [0.717, 1.165) is 18.1 Å². The summed E-state index contributed by atoms with van der Waals surface area (Å²) in [5.74, 6) is -1.14. The lowest BCUT2D eigenvalue weighted by Gasteiger charge is -2.13. The molecular weight excluding hydrogens is 376 g/mol. The van der Waals surface area contributed by atoms with Crippen LogP contribution in [0.3, 0.4) is 0 Å². The van der Waals surface area contributed by atoms with Crippen LogP contribution in [0.5, 0.6) is 0 Å². The number of rotatable bonds is 10. The molecule has 0 heterocycles. The number of carbonyl (C=O) groups excluding carboxylic acids is 2. The zero-order valence-electron chi connectivity index (χ0n) is 16.6. The van der Waals surface area contributed by atoms with Crippen LogP contribution in [-0.4, -0.2) is 43.0 Å². The van der Waals surface area contributed by atoms with E-state index >= 15 is 0 Å². The Morgan fingerprint density at radius 1 is 1.14 bits per heavy atom. The zero-order valence-corrected chi connectivity index (χ0v) is 16.6. The molecule has 154 valence electrons. The van der Waals surface area contributed by atoms with Crippen LogP contribution in [0.15, 0.2) is 42.5 Å². The number of carbonyl (C=O) groups is 2. The van der Waals surface area contributed by atoms with Gasteiger partial charge in [0, 0.05) is 25.3 Å². The molecule has 2 aromatic rings. The molecule has 0 aliphatic heterocycles.